The van der Waals surface area contributed by atoms with Gasteiger partial charge in [-0.25, -0.2) is 9.78 Å². The first-order valence-electron chi connectivity index (χ1n) is 10.4. The summed E-state index contributed by atoms with van der Waals surface area (Å²) in [4.78, 5) is 31.4. The fraction of sp³-hybridized carbons (Fsp3) is 0.292. The third kappa shape index (κ3) is 4.99. The van der Waals surface area contributed by atoms with Crippen molar-refractivity contribution >= 4 is 34.7 Å². The Morgan fingerprint density at radius 3 is 2.74 bits per heavy atom. The number of carbonyl (C=O) groups excluding carboxylic acids is 2. The molecule has 160 valence electrons. The van der Waals surface area contributed by atoms with Gasteiger partial charge in [-0.2, -0.15) is 0 Å². The molecule has 0 saturated carbocycles. The van der Waals surface area contributed by atoms with Crippen molar-refractivity contribution in [1.82, 2.24) is 9.88 Å². The predicted octanol–water partition coefficient (Wildman–Crippen LogP) is 5.19. The van der Waals surface area contributed by atoms with Gasteiger partial charge in [-0.15, -0.1) is 0 Å². The molecule has 1 aliphatic carbocycles. The summed E-state index contributed by atoms with van der Waals surface area (Å²) in [6, 6.07) is 14.8. The zero-order valence-electron chi connectivity index (χ0n) is 17.4. The zero-order valence-corrected chi connectivity index (χ0v) is 18.2. The molecule has 0 N–H and O–H groups in total. The quantitative estimate of drug-likeness (QED) is 0.357. The van der Waals surface area contributed by atoms with E-state index in [2.05, 4.69) is 11.1 Å². The summed E-state index contributed by atoms with van der Waals surface area (Å²) >= 11 is 1.41. The number of hydrogen-bond acceptors (Lipinski definition) is 6. The number of nitrogens with zero attached hydrogens (tertiary/aromatic N) is 2. The van der Waals surface area contributed by atoms with Crippen LogP contribution in [-0.2, 0) is 15.3 Å². The molecular formula is C24H24N2O4S. The Balaban J connectivity index is 1.39. The molecule has 0 radical (unpaired) electrons. The van der Waals surface area contributed by atoms with Gasteiger partial charge in [0, 0.05) is 18.0 Å². The van der Waals surface area contributed by atoms with Crippen LogP contribution in [0.3, 0.4) is 0 Å². The van der Waals surface area contributed by atoms with E-state index in [0.717, 1.165) is 41.6 Å². The first kappa shape index (κ1) is 21.2. The van der Waals surface area contributed by atoms with Crippen LogP contribution in [0.25, 0.3) is 11.1 Å². The summed E-state index contributed by atoms with van der Waals surface area (Å²) in [5.74, 6) is -0.194. The monoisotopic (exact) mass is 436 g/mol. The van der Waals surface area contributed by atoms with Crippen molar-refractivity contribution in [3.63, 3.8) is 0 Å². The number of carbonyl (C=O) groups is 2. The lowest BCUT2D eigenvalue weighted by molar-refractivity contribution is -0.132. The number of benzene rings is 2. The minimum absolute atomic E-state index is 0.192. The van der Waals surface area contributed by atoms with Crippen LogP contribution in [0.5, 0.6) is 0 Å². The number of ether oxygens (including phenoxy) is 1. The summed E-state index contributed by atoms with van der Waals surface area (Å²) in [7, 11) is 0. The van der Waals surface area contributed by atoms with E-state index in [1.54, 1.807) is 17.0 Å². The van der Waals surface area contributed by atoms with Gasteiger partial charge in [0.1, 0.15) is 5.52 Å². The first-order chi connectivity index (χ1) is 15.2. The van der Waals surface area contributed by atoms with Crippen LogP contribution in [-0.4, -0.2) is 34.9 Å². The van der Waals surface area contributed by atoms with Crippen molar-refractivity contribution in [3.05, 3.63) is 71.4 Å². The van der Waals surface area contributed by atoms with E-state index in [1.165, 1.54) is 11.8 Å². The highest BCUT2D eigenvalue weighted by Crippen LogP contribution is 2.27. The van der Waals surface area contributed by atoms with Gasteiger partial charge in [0.15, 0.2) is 12.2 Å². The molecule has 7 heteroatoms. The minimum Gasteiger partial charge on any atom is -0.452 e. The molecule has 2 aromatic carbocycles. The number of aromatic nitrogens is 1. The molecule has 0 fully saturated rings. The largest absolute Gasteiger partial charge is 0.452 e. The maximum atomic E-state index is 12.7. The summed E-state index contributed by atoms with van der Waals surface area (Å²) < 4.78 is 11.1. The van der Waals surface area contributed by atoms with E-state index in [0.29, 0.717) is 23.1 Å². The first-order valence-corrected chi connectivity index (χ1v) is 11.4. The van der Waals surface area contributed by atoms with Crippen molar-refractivity contribution in [2.45, 2.75) is 37.2 Å². The second-order valence-corrected chi connectivity index (χ2v) is 8.12. The number of oxazole rings is 1. The standard InChI is InChI=1S/C24H24N2O4S/c1-2-26(18-10-4-5-11-18)22(27)15-29-23(28)19-12-6-3-9-17(19)16-31-24-25-20-13-7-8-14-21(20)30-24/h3,6-10,12-14H,2,4-5,11,15-16H2,1H3. The Morgan fingerprint density at radius 1 is 1.16 bits per heavy atom. The van der Waals surface area contributed by atoms with Gasteiger partial charge in [0.25, 0.3) is 11.1 Å². The van der Waals surface area contributed by atoms with Crippen LogP contribution < -0.4 is 0 Å². The molecule has 0 unspecified atom stereocenters. The minimum atomic E-state index is -0.501. The maximum absolute atomic E-state index is 12.7. The number of hydrogen-bond donors (Lipinski definition) is 0. The van der Waals surface area contributed by atoms with E-state index >= 15 is 0 Å². The molecule has 1 aromatic heterocycles. The third-order valence-electron chi connectivity index (χ3n) is 5.17. The Morgan fingerprint density at radius 2 is 1.97 bits per heavy atom. The second kappa shape index (κ2) is 9.83. The van der Waals surface area contributed by atoms with E-state index in [9.17, 15) is 9.59 Å². The maximum Gasteiger partial charge on any atom is 0.338 e. The fourth-order valence-corrected chi connectivity index (χ4v) is 4.46. The molecular weight excluding hydrogens is 412 g/mol. The molecule has 6 nitrogen and oxygen atoms in total. The smallest absolute Gasteiger partial charge is 0.338 e. The molecule has 1 aliphatic rings. The lowest BCUT2D eigenvalue weighted by Gasteiger charge is -2.22. The van der Waals surface area contributed by atoms with Gasteiger partial charge >= 0.3 is 5.97 Å². The summed E-state index contributed by atoms with van der Waals surface area (Å²) in [6.45, 7) is 2.23. The average Bonchev–Trinajstić information content (AvgIpc) is 3.46. The number of fused-ring (bicyclic) bond motifs is 1. The van der Waals surface area contributed by atoms with E-state index in [4.69, 9.17) is 9.15 Å². The molecule has 1 amide bonds. The van der Waals surface area contributed by atoms with Crippen LogP contribution in [0, 0.1) is 0 Å². The number of amides is 1. The second-order valence-electron chi connectivity index (χ2n) is 7.20. The molecule has 31 heavy (non-hydrogen) atoms. The number of allylic oxidation sites excluding steroid dienone is 2. The molecule has 3 aromatic rings. The van der Waals surface area contributed by atoms with E-state index < -0.39 is 5.97 Å². The zero-order chi connectivity index (χ0) is 21.6. The lowest BCUT2D eigenvalue weighted by atomic mass is 10.1. The predicted molar refractivity (Wildman–Crippen MR) is 120 cm³/mol. The lowest BCUT2D eigenvalue weighted by Crippen LogP contribution is -2.33. The molecule has 0 aliphatic heterocycles. The Kier molecular flexibility index (Phi) is 6.72. The fourth-order valence-electron chi connectivity index (χ4n) is 3.62. The van der Waals surface area contributed by atoms with Crippen molar-refractivity contribution in [3.8, 4) is 0 Å². The van der Waals surface area contributed by atoms with Gasteiger partial charge in [0.05, 0.1) is 5.56 Å². The molecule has 0 saturated heterocycles. The van der Waals surface area contributed by atoms with Crippen molar-refractivity contribution in [2.75, 3.05) is 13.2 Å². The van der Waals surface area contributed by atoms with Crippen molar-refractivity contribution in [2.24, 2.45) is 0 Å². The summed E-state index contributed by atoms with van der Waals surface area (Å²) in [6.07, 6.45) is 5.03. The van der Waals surface area contributed by atoms with Crippen molar-refractivity contribution in [1.29, 1.82) is 0 Å². The number of para-hydroxylation sites is 2. The van der Waals surface area contributed by atoms with E-state index in [-0.39, 0.29) is 12.5 Å². The number of rotatable bonds is 8. The molecule has 1 heterocycles. The highest BCUT2D eigenvalue weighted by Gasteiger charge is 2.21. The molecule has 0 spiro atoms. The van der Waals surface area contributed by atoms with Crippen LogP contribution in [0.15, 0.2) is 69.9 Å². The number of esters is 1. The normalized spacial score (nSPS) is 13.3. The average molecular weight is 437 g/mol. The SMILES string of the molecule is CCN(C(=O)COC(=O)c1ccccc1CSc1nc2ccccc2o1)C1=CCCC1. The van der Waals surface area contributed by atoms with E-state index in [1.807, 2.05) is 43.3 Å². The Bertz CT molecular complexity index is 1090. The Hall–Kier alpha value is -3.06. The summed E-state index contributed by atoms with van der Waals surface area (Å²) in [5.41, 5.74) is 3.81. The number of likely N-dealkylation sites (N-methyl/N-ethyl adjacent to an activating group) is 1. The van der Waals surface area contributed by atoms with Crippen LogP contribution >= 0.6 is 11.8 Å². The highest BCUT2D eigenvalue weighted by molar-refractivity contribution is 7.98. The molecule has 0 atom stereocenters. The van der Waals surface area contributed by atoms with Gasteiger partial charge in [-0.1, -0.05) is 48.2 Å². The topological polar surface area (TPSA) is 72.6 Å². The van der Waals surface area contributed by atoms with Crippen LogP contribution in [0.4, 0.5) is 0 Å². The van der Waals surface area contributed by atoms with Crippen LogP contribution in [0.1, 0.15) is 42.1 Å². The van der Waals surface area contributed by atoms with Crippen LogP contribution in [0.2, 0.25) is 0 Å². The summed E-state index contributed by atoms with van der Waals surface area (Å²) in [5, 5.41) is 0.544. The Labute approximate surface area is 185 Å². The molecule has 0 bridgehead atoms. The van der Waals surface area contributed by atoms with Gasteiger partial charge < -0.3 is 14.1 Å². The van der Waals surface area contributed by atoms with Gasteiger partial charge in [0.2, 0.25) is 0 Å². The van der Waals surface area contributed by atoms with Gasteiger partial charge in [-0.3, -0.25) is 4.79 Å². The number of thioether (sulfide) groups is 1. The molecule has 4 rings (SSSR count). The van der Waals surface area contributed by atoms with Gasteiger partial charge in [-0.05, 0) is 49.9 Å². The third-order valence-corrected chi connectivity index (χ3v) is 6.05. The van der Waals surface area contributed by atoms with Crippen molar-refractivity contribution < 1.29 is 18.7 Å². The highest BCUT2D eigenvalue weighted by atomic mass is 32.2.